The molecule has 0 saturated carbocycles. The van der Waals surface area contributed by atoms with Gasteiger partial charge in [0.15, 0.2) is 5.82 Å². The largest absolute Gasteiger partial charge is 0.304 e. The van der Waals surface area contributed by atoms with Crippen LogP contribution in [0.25, 0.3) is 0 Å². The maximum Gasteiger partial charge on any atom is 0.267 e. The summed E-state index contributed by atoms with van der Waals surface area (Å²) in [7, 11) is 0. The maximum absolute atomic E-state index is 12.3. The van der Waals surface area contributed by atoms with Crippen molar-refractivity contribution in [1.29, 1.82) is 0 Å². The summed E-state index contributed by atoms with van der Waals surface area (Å²) in [6, 6.07) is 9.54. The molecule has 0 aliphatic rings. The fourth-order valence-corrected chi connectivity index (χ4v) is 3.05. The Hall–Kier alpha value is -2.47. The minimum atomic E-state index is -0.102. The van der Waals surface area contributed by atoms with Gasteiger partial charge < -0.3 is 5.32 Å². The van der Waals surface area contributed by atoms with Gasteiger partial charge in [0.05, 0.1) is 17.1 Å². The molecule has 0 aliphatic heterocycles. The van der Waals surface area contributed by atoms with Gasteiger partial charge in [-0.05, 0) is 35.6 Å². The first kappa shape index (κ1) is 14.5. The van der Waals surface area contributed by atoms with Crippen molar-refractivity contribution in [1.82, 2.24) is 14.8 Å². The third kappa shape index (κ3) is 3.23. The van der Waals surface area contributed by atoms with E-state index in [1.807, 2.05) is 42.8 Å². The third-order valence-corrected chi connectivity index (χ3v) is 4.22. The topological polar surface area (TPSA) is 59.8 Å². The third-order valence-electron chi connectivity index (χ3n) is 3.27. The van der Waals surface area contributed by atoms with Crippen molar-refractivity contribution in [3.63, 3.8) is 0 Å². The molecule has 0 spiro atoms. The molecule has 0 atom stereocenters. The van der Waals surface area contributed by atoms with E-state index in [-0.39, 0.29) is 5.91 Å². The van der Waals surface area contributed by atoms with Crippen molar-refractivity contribution in [2.75, 3.05) is 5.32 Å². The van der Waals surface area contributed by atoms with Crippen LogP contribution in [0, 0.1) is 0 Å². The smallest absolute Gasteiger partial charge is 0.267 e. The van der Waals surface area contributed by atoms with Gasteiger partial charge in [-0.1, -0.05) is 13.0 Å². The first-order valence-corrected chi connectivity index (χ1v) is 7.95. The predicted molar refractivity (Wildman–Crippen MR) is 87.2 cm³/mol. The molecular formula is C16H16N4OS. The Morgan fingerprint density at radius 2 is 2.23 bits per heavy atom. The first-order valence-electron chi connectivity index (χ1n) is 7.07. The van der Waals surface area contributed by atoms with E-state index in [1.165, 1.54) is 11.3 Å². The lowest BCUT2D eigenvalue weighted by atomic mass is 10.2. The van der Waals surface area contributed by atoms with E-state index in [0.717, 1.165) is 22.6 Å². The summed E-state index contributed by atoms with van der Waals surface area (Å²) in [5.74, 6) is 0.450. The van der Waals surface area contributed by atoms with Crippen LogP contribution in [0.1, 0.15) is 27.9 Å². The molecule has 0 bridgehead atoms. The summed E-state index contributed by atoms with van der Waals surface area (Å²) in [6.45, 7) is 2.62. The number of hydrogen-bond acceptors (Lipinski definition) is 4. The van der Waals surface area contributed by atoms with Crippen LogP contribution >= 0.6 is 11.3 Å². The van der Waals surface area contributed by atoms with Crippen molar-refractivity contribution in [3.8, 4) is 0 Å². The van der Waals surface area contributed by atoms with Crippen LogP contribution in [0.2, 0.25) is 0 Å². The van der Waals surface area contributed by atoms with Crippen molar-refractivity contribution in [3.05, 3.63) is 64.2 Å². The van der Waals surface area contributed by atoms with E-state index in [4.69, 9.17) is 0 Å². The second-order valence-electron chi connectivity index (χ2n) is 4.80. The minimum Gasteiger partial charge on any atom is -0.304 e. The molecule has 3 rings (SSSR count). The Labute approximate surface area is 132 Å². The number of anilines is 1. The van der Waals surface area contributed by atoms with Gasteiger partial charge in [0.25, 0.3) is 5.91 Å². The number of amides is 1. The fourth-order valence-electron chi connectivity index (χ4n) is 2.16. The SMILES string of the molecule is CCc1ccsc1C(=O)Nc1ccn(Cc2ccccn2)n1. The summed E-state index contributed by atoms with van der Waals surface area (Å²) in [5, 5.41) is 9.14. The highest BCUT2D eigenvalue weighted by Gasteiger charge is 2.13. The van der Waals surface area contributed by atoms with E-state index in [1.54, 1.807) is 16.9 Å². The molecule has 0 saturated heterocycles. The average molecular weight is 312 g/mol. The fraction of sp³-hybridized carbons (Fsp3) is 0.188. The van der Waals surface area contributed by atoms with E-state index in [9.17, 15) is 4.79 Å². The molecule has 0 aliphatic carbocycles. The van der Waals surface area contributed by atoms with Gasteiger partial charge in [-0.2, -0.15) is 5.10 Å². The van der Waals surface area contributed by atoms with Gasteiger partial charge in [0.1, 0.15) is 0 Å². The van der Waals surface area contributed by atoms with Crippen LogP contribution in [0.15, 0.2) is 48.1 Å². The monoisotopic (exact) mass is 312 g/mol. The number of pyridine rings is 1. The van der Waals surface area contributed by atoms with Crippen LogP contribution in [0.4, 0.5) is 5.82 Å². The summed E-state index contributed by atoms with van der Waals surface area (Å²) < 4.78 is 1.76. The van der Waals surface area contributed by atoms with Crippen molar-refractivity contribution in [2.45, 2.75) is 19.9 Å². The summed E-state index contributed by atoms with van der Waals surface area (Å²) >= 11 is 1.45. The number of carbonyl (C=O) groups is 1. The quantitative estimate of drug-likeness (QED) is 0.787. The second-order valence-corrected chi connectivity index (χ2v) is 5.72. The highest BCUT2D eigenvalue weighted by molar-refractivity contribution is 7.12. The Morgan fingerprint density at radius 3 is 3.00 bits per heavy atom. The molecule has 0 unspecified atom stereocenters. The summed E-state index contributed by atoms with van der Waals surface area (Å²) in [5.41, 5.74) is 1.99. The average Bonchev–Trinajstić information content (AvgIpc) is 3.17. The van der Waals surface area contributed by atoms with Crippen LogP contribution in [-0.4, -0.2) is 20.7 Å². The lowest BCUT2D eigenvalue weighted by Gasteiger charge is -2.03. The summed E-state index contributed by atoms with van der Waals surface area (Å²) in [6.07, 6.45) is 4.43. The molecule has 3 aromatic rings. The van der Waals surface area contributed by atoms with Crippen molar-refractivity contribution < 1.29 is 4.79 Å². The van der Waals surface area contributed by atoms with Gasteiger partial charge in [-0.3, -0.25) is 14.5 Å². The Kier molecular flexibility index (Phi) is 4.29. The molecule has 1 amide bonds. The lowest BCUT2D eigenvalue weighted by molar-refractivity contribution is 0.102. The molecule has 22 heavy (non-hydrogen) atoms. The molecule has 112 valence electrons. The molecule has 6 heteroatoms. The molecule has 0 aromatic carbocycles. The van der Waals surface area contributed by atoms with E-state index < -0.39 is 0 Å². The van der Waals surface area contributed by atoms with E-state index >= 15 is 0 Å². The van der Waals surface area contributed by atoms with E-state index in [0.29, 0.717) is 12.4 Å². The van der Waals surface area contributed by atoms with Gasteiger partial charge in [-0.25, -0.2) is 0 Å². The van der Waals surface area contributed by atoms with Gasteiger partial charge in [0, 0.05) is 18.5 Å². The highest BCUT2D eigenvalue weighted by Crippen LogP contribution is 2.18. The number of nitrogens with zero attached hydrogens (tertiary/aromatic N) is 3. The normalized spacial score (nSPS) is 10.6. The van der Waals surface area contributed by atoms with Gasteiger partial charge in [0.2, 0.25) is 0 Å². The van der Waals surface area contributed by atoms with Crippen molar-refractivity contribution >= 4 is 23.1 Å². The van der Waals surface area contributed by atoms with Crippen LogP contribution in [0.3, 0.4) is 0 Å². The number of rotatable bonds is 5. The Balaban J connectivity index is 1.68. The van der Waals surface area contributed by atoms with Crippen LogP contribution in [-0.2, 0) is 13.0 Å². The molecule has 0 fully saturated rings. The zero-order valence-electron chi connectivity index (χ0n) is 12.2. The zero-order valence-corrected chi connectivity index (χ0v) is 13.0. The van der Waals surface area contributed by atoms with E-state index in [2.05, 4.69) is 15.4 Å². The molecule has 5 nitrogen and oxygen atoms in total. The van der Waals surface area contributed by atoms with Crippen LogP contribution in [0.5, 0.6) is 0 Å². The minimum absolute atomic E-state index is 0.102. The first-order chi connectivity index (χ1) is 10.8. The van der Waals surface area contributed by atoms with Crippen LogP contribution < -0.4 is 5.32 Å². The molecule has 3 heterocycles. The molecule has 3 aromatic heterocycles. The lowest BCUT2D eigenvalue weighted by Crippen LogP contribution is -2.13. The number of carbonyl (C=O) groups excluding carboxylic acids is 1. The molecular weight excluding hydrogens is 296 g/mol. The Morgan fingerprint density at radius 1 is 1.32 bits per heavy atom. The molecule has 0 radical (unpaired) electrons. The predicted octanol–water partition coefficient (Wildman–Crippen LogP) is 3.20. The molecule has 1 N–H and O–H groups in total. The second kappa shape index (κ2) is 6.53. The number of hydrogen-bond donors (Lipinski definition) is 1. The number of thiophene rings is 1. The summed E-state index contributed by atoms with van der Waals surface area (Å²) in [4.78, 5) is 17.3. The number of aromatic nitrogens is 3. The Bertz CT molecular complexity index is 763. The van der Waals surface area contributed by atoms with Gasteiger partial charge >= 0.3 is 0 Å². The van der Waals surface area contributed by atoms with Gasteiger partial charge in [-0.15, -0.1) is 11.3 Å². The maximum atomic E-state index is 12.3. The number of nitrogens with one attached hydrogen (secondary N) is 1. The zero-order chi connectivity index (χ0) is 15.4. The number of aryl methyl sites for hydroxylation is 1. The standard InChI is InChI=1S/C16H16N4OS/c1-2-12-7-10-22-15(12)16(21)18-14-6-9-20(19-14)11-13-5-3-4-8-17-13/h3-10H,2,11H2,1H3,(H,18,19,21). The highest BCUT2D eigenvalue weighted by atomic mass is 32.1. The van der Waals surface area contributed by atoms with Crippen molar-refractivity contribution in [2.24, 2.45) is 0 Å².